The Hall–Kier alpha value is -3.22. The molecule has 0 spiro atoms. The molecule has 7 heteroatoms. The highest BCUT2D eigenvalue weighted by molar-refractivity contribution is 6.06. The molecule has 0 fully saturated rings. The lowest BCUT2D eigenvalue weighted by Crippen LogP contribution is -2.22. The first-order valence-corrected chi connectivity index (χ1v) is 6.50. The zero-order chi connectivity index (χ0) is 15.5. The normalized spacial score (nSPS) is 11.8. The number of amides is 3. The van der Waals surface area contributed by atoms with E-state index in [0.29, 0.717) is 22.9 Å². The van der Waals surface area contributed by atoms with Crippen molar-refractivity contribution in [2.45, 2.75) is 0 Å². The van der Waals surface area contributed by atoms with Crippen molar-refractivity contribution < 1.29 is 19.1 Å². The van der Waals surface area contributed by atoms with E-state index in [4.69, 9.17) is 15.2 Å². The SMILES string of the molecule is NC(=O)c1ccccc1NC(=O)Nc1ccc2c(c1)OCO2. The molecule has 0 aliphatic carbocycles. The molecule has 0 aromatic heterocycles. The minimum absolute atomic E-state index is 0.164. The van der Waals surface area contributed by atoms with Gasteiger partial charge in [-0.25, -0.2) is 4.79 Å². The molecule has 0 saturated heterocycles. The van der Waals surface area contributed by atoms with Gasteiger partial charge in [0.15, 0.2) is 11.5 Å². The van der Waals surface area contributed by atoms with E-state index in [1.807, 2.05) is 0 Å². The third-order valence-electron chi connectivity index (χ3n) is 3.07. The minimum atomic E-state index is -0.612. The van der Waals surface area contributed by atoms with E-state index in [2.05, 4.69) is 10.6 Å². The summed E-state index contributed by atoms with van der Waals surface area (Å²) in [5, 5.41) is 5.23. The average Bonchev–Trinajstić information content (AvgIpc) is 2.95. The predicted molar refractivity (Wildman–Crippen MR) is 80.2 cm³/mol. The summed E-state index contributed by atoms with van der Waals surface area (Å²) in [5.74, 6) is 0.583. The van der Waals surface area contributed by atoms with Gasteiger partial charge in [-0.1, -0.05) is 12.1 Å². The van der Waals surface area contributed by atoms with Crippen molar-refractivity contribution in [1.82, 2.24) is 0 Å². The highest BCUT2D eigenvalue weighted by Gasteiger charge is 2.15. The largest absolute Gasteiger partial charge is 0.454 e. The monoisotopic (exact) mass is 299 g/mol. The van der Waals surface area contributed by atoms with Gasteiger partial charge >= 0.3 is 6.03 Å². The fourth-order valence-corrected chi connectivity index (χ4v) is 2.07. The quantitative estimate of drug-likeness (QED) is 0.808. The summed E-state index contributed by atoms with van der Waals surface area (Å²) in [6.07, 6.45) is 0. The average molecular weight is 299 g/mol. The smallest absolute Gasteiger partial charge is 0.323 e. The number of carbonyl (C=O) groups is 2. The summed E-state index contributed by atoms with van der Waals surface area (Å²) >= 11 is 0. The maximum Gasteiger partial charge on any atom is 0.323 e. The van der Waals surface area contributed by atoms with Crippen LogP contribution in [-0.4, -0.2) is 18.7 Å². The van der Waals surface area contributed by atoms with Crippen molar-refractivity contribution >= 4 is 23.3 Å². The fourth-order valence-electron chi connectivity index (χ4n) is 2.07. The summed E-state index contributed by atoms with van der Waals surface area (Å²) in [6.45, 7) is 0.164. The van der Waals surface area contributed by atoms with Crippen LogP contribution in [0.2, 0.25) is 0 Å². The molecule has 0 atom stereocenters. The van der Waals surface area contributed by atoms with Crippen molar-refractivity contribution in [1.29, 1.82) is 0 Å². The van der Waals surface area contributed by atoms with Gasteiger partial charge in [0.25, 0.3) is 5.91 Å². The first kappa shape index (κ1) is 13.7. The first-order chi connectivity index (χ1) is 10.6. The van der Waals surface area contributed by atoms with Crippen LogP contribution < -0.4 is 25.8 Å². The molecule has 0 unspecified atom stereocenters. The van der Waals surface area contributed by atoms with Crippen molar-refractivity contribution in [3.05, 3.63) is 48.0 Å². The number of hydrogen-bond donors (Lipinski definition) is 3. The summed E-state index contributed by atoms with van der Waals surface area (Å²) < 4.78 is 10.4. The van der Waals surface area contributed by atoms with Gasteiger partial charge < -0.3 is 25.8 Å². The van der Waals surface area contributed by atoms with Crippen LogP contribution in [0.1, 0.15) is 10.4 Å². The van der Waals surface area contributed by atoms with E-state index in [1.54, 1.807) is 42.5 Å². The molecule has 4 N–H and O–H groups in total. The Kier molecular flexibility index (Phi) is 3.53. The summed E-state index contributed by atoms with van der Waals surface area (Å²) in [7, 11) is 0. The van der Waals surface area contributed by atoms with Gasteiger partial charge in [-0.3, -0.25) is 4.79 Å². The molecule has 0 radical (unpaired) electrons. The third kappa shape index (κ3) is 2.78. The summed E-state index contributed by atoms with van der Waals surface area (Å²) in [4.78, 5) is 23.3. The highest BCUT2D eigenvalue weighted by Crippen LogP contribution is 2.34. The molecule has 112 valence electrons. The Morgan fingerprint density at radius 2 is 1.77 bits per heavy atom. The van der Waals surface area contributed by atoms with Crippen LogP contribution in [0, 0.1) is 0 Å². The molecule has 2 aromatic carbocycles. The van der Waals surface area contributed by atoms with Crippen LogP contribution in [-0.2, 0) is 0 Å². The maximum absolute atomic E-state index is 12.0. The molecular weight excluding hydrogens is 286 g/mol. The zero-order valence-electron chi connectivity index (χ0n) is 11.5. The van der Waals surface area contributed by atoms with Gasteiger partial charge in [-0.2, -0.15) is 0 Å². The van der Waals surface area contributed by atoms with Crippen molar-refractivity contribution in [2.75, 3.05) is 17.4 Å². The van der Waals surface area contributed by atoms with E-state index in [1.165, 1.54) is 0 Å². The lowest BCUT2D eigenvalue weighted by atomic mass is 10.1. The number of primary amides is 1. The number of nitrogens with one attached hydrogen (secondary N) is 2. The molecule has 1 aliphatic rings. The van der Waals surface area contributed by atoms with Gasteiger partial charge in [0.1, 0.15) is 0 Å². The minimum Gasteiger partial charge on any atom is -0.454 e. The number of anilines is 2. The molecule has 0 saturated carbocycles. The number of fused-ring (bicyclic) bond motifs is 1. The molecule has 1 aliphatic heterocycles. The second kappa shape index (κ2) is 5.65. The van der Waals surface area contributed by atoms with E-state index >= 15 is 0 Å². The topological polar surface area (TPSA) is 103 Å². The third-order valence-corrected chi connectivity index (χ3v) is 3.07. The first-order valence-electron chi connectivity index (χ1n) is 6.50. The number of hydrogen-bond acceptors (Lipinski definition) is 4. The van der Waals surface area contributed by atoms with E-state index in [-0.39, 0.29) is 12.4 Å². The summed E-state index contributed by atoms with van der Waals surface area (Å²) in [5.41, 5.74) is 6.38. The Morgan fingerprint density at radius 1 is 1.00 bits per heavy atom. The molecule has 3 rings (SSSR count). The number of carbonyl (C=O) groups excluding carboxylic acids is 2. The van der Waals surface area contributed by atoms with Crippen LogP contribution in [0.3, 0.4) is 0 Å². The number of benzene rings is 2. The lowest BCUT2D eigenvalue weighted by molar-refractivity contribution is 0.100. The number of nitrogens with two attached hydrogens (primary N) is 1. The van der Waals surface area contributed by atoms with Crippen LogP contribution in [0.4, 0.5) is 16.2 Å². The van der Waals surface area contributed by atoms with Crippen LogP contribution in [0.5, 0.6) is 11.5 Å². The Bertz CT molecular complexity index is 745. The zero-order valence-corrected chi connectivity index (χ0v) is 11.5. The van der Waals surface area contributed by atoms with Gasteiger partial charge in [0, 0.05) is 11.8 Å². The van der Waals surface area contributed by atoms with E-state index in [0.717, 1.165) is 0 Å². The predicted octanol–water partition coefficient (Wildman–Crippen LogP) is 2.16. The second-order valence-corrected chi connectivity index (χ2v) is 4.56. The van der Waals surface area contributed by atoms with Crippen molar-refractivity contribution in [3.8, 4) is 11.5 Å². The molecule has 1 heterocycles. The van der Waals surface area contributed by atoms with Gasteiger partial charge in [0.05, 0.1) is 11.3 Å². The molecular formula is C15H13N3O4. The maximum atomic E-state index is 12.0. The van der Waals surface area contributed by atoms with Crippen LogP contribution in [0.25, 0.3) is 0 Å². The number of rotatable bonds is 3. The van der Waals surface area contributed by atoms with E-state index < -0.39 is 11.9 Å². The summed E-state index contributed by atoms with van der Waals surface area (Å²) in [6, 6.07) is 11.1. The van der Waals surface area contributed by atoms with Crippen molar-refractivity contribution in [2.24, 2.45) is 5.73 Å². The van der Waals surface area contributed by atoms with E-state index in [9.17, 15) is 9.59 Å². The molecule has 0 bridgehead atoms. The number of para-hydroxylation sites is 1. The Balaban J connectivity index is 1.72. The molecule has 22 heavy (non-hydrogen) atoms. The van der Waals surface area contributed by atoms with Crippen LogP contribution >= 0.6 is 0 Å². The van der Waals surface area contributed by atoms with Gasteiger partial charge in [-0.05, 0) is 24.3 Å². The molecule has 7 nitrogen and oxygen atoms in total. The molecule has 2 aromatic rings. The number of urea groups is 1. The molecule has 3 amide bonds. The highest BCUT2D eigenvalue weighted by atomic mass is 16.7. The second-order valence-electron chi connectivity index (χ2n) is 4.56. The Labute approximate surface area is 126 Å². The number of ether oxygens (including phenoxy) is 2. The lowest BCUT2D eigenvalue weighted by Gasteiger charge is -2.10. The van der Waals surface area contributed by atoms with Crippen molar-refractivity contribution in [3.63, 3.8) is 0 Å². The Morgan fingerprint density at radius 3 is 2.59 bits per heavy atom. The van der Waals surface area contributed by atoms with Gasteiger partial charge in [0.2, 0.25) is 6.79 Å². The fraction of sp³-hybridized carbons (Fsp3) is 0.0667. The van der Waals surface area contributed by atoms with Gasteiger partial charge in [-0.15, -0.1) is 0 Å². The standard InChI is InChI=1S/C15H13N3O4/c16-14(19)10-3-1-2-4-11(10)18-15(20)17-9-5-6-12-13(7-9)22-8-21-12/h1-7H,8H2,(H2,16,19)(H2,17,18,20). The van der Waals surface area contributed by atoms with Crippen LogP contribution in [0.15, 0.2) is 42.5 Å².